The number of benzene rings is 2. The van der Waals surface area contributed by atoms with Crippen molar-refractivity contribution in [1.82, 2.24) is 0 Å². The van der Waals surface area contributed by atoms with Crippen LogP contribution in [0.4, 0.5) is 0 Å². The van der Waals surface area contributed by atoms with Crippen LogP contribution in [0.1, 0.15) is 64.9 Å². The predicted molar refractivity (Wildman–Crippen MR) is 105 cm³/mol. The molecule has 3 heteroatoms. The van der Waals surface area contributed by atoms with E-state index in [1.54, 1.807) is 12.1 Å². The van der Waals surface area contributed by atoms with Crippen LogP contribution < -0.4 is 0 Å². The average molecular weight is 352 g/mol. The number of rotatable bonds is 4. The van der Waals surface area contributed by atoms with E-state index in [1.807, 2.05) is 72.7 Å². The van der Waals surface area contributed by atoms with Gasteiger partial charge in [-0.1, -0.05) is 36.4 Å². The number of hydrogen-bond donors (Lipinski definition) is 0. The van der Waals surface area contributed by atoms with Crippen molar-refractivity contribution in [1.29, 1.82) is 0 Å². The van der Waals surface area contributed by atoms with E-state index in [2.05, 4.69) is 0 Å². The molecule has 0 N–H and O–H groups in total. The Hall–Kier alpha value is -2.42. The molecule has 0 amide bonds. The van der Waals surface area contributed by atoms with Gasteiger partial charge in [0.15, 0.2) is 5.78 Å². The summed E-state index contributed by atoms with van der Waals surface area (Å²) in [5, 5.41) is 0. The molecule has 0 aliphatic heterocycles. The van der Waals surface area contributed by atoms with Crippen LogP contribution in [-0.2, 0) is 9.53 Å². The van der Waals surface area contributed by atoms with E-state index in [1.165, 1.54) is 0 Å². The molecule has 26 heavy (non-hydrogen) atoms. The van der Waals surface area contributed by atoms with E-state index in [0.717, 1.165) is 22.3 Å². The summed E-state index contributed by atoms with van der Waals surface area (Å²) in [6, 6.07) is 11.1. The van der Waals surface area contributed by atoms with E-state index < -0.39 is 17.5 Å². The van der Waals surface area contributed by atoms with Crippen LogP contribution in [0.15, 0.2) is 36.4 Å². The fourth-order valence-corrected chi connectivity index (χ4v) is 3.21. The monoisotopic (exact) mass is 352 g/mol. The number of carbonyl (C=O) groups is 2. The minimum atomic E-state index is -0.963. The maximum atomic E-state index is 13.5. The molecule has 2 aromatic rings. The fourth-order valence-electron chi connectivity index (χ4n) is 3.21. The molecule has 0 heterocycles. The van der Waals surface area contributed by atoms with Gasteiger partial charge in [-0.2, -0.15) is 0 Å². The van der Waals surface area contributed by atoms with Crippen LogP contribution in [0.3, 0.4) is 0 Å². The number of hydrogen-bond acceptors (Lipinski definition) is 3. The van der Waals surface area contributed by atoms with Crippen molar-refractivity contribution in [2.45, 2.75) is 60.0 Å². The van der Waals surface area contributed by atoms with Crippen molar-refractivity contribution >= 4 is 11.8 Å². The van der Waals surface area contributed by atoms with E-state index in [4.69, 9.17) is 4.74 Å². The summed E-state index contributed by atoms with van der Waals surface area (Å²) in [6.07, 6.45) is 0. The van der Waals surface area contributed by atoms with Gasteiger partial charge in [0, 0.05) is 5.56 Å². The molecule has 0 saturated carbocycles. The number of Topliss-reactive ketones (excluding diaryl/α,β-unsaturated/α-hetero) is 1. The lowest BCUT2D eigenvalue weighted by Crippen LogP contribution is -2.32. The highest BCUT2D eigenvalue weighted by Crippen LogP contribution is 2.30. The van der Waals surface area contributed by atoms with Gasteiger partial charge < -0.3 is 4.74 Å². The zero-order chi connectivity index (χ0) is 19.6. The predicted octanol–water partition coefficient (Wildman–Crippen LogP) is 5.23. The molecule has 0 aromatic heterocycles. The van der Waals surface area contributed by atoms with Gasteiger partial charge in [-0.25, -0.2) is 0 Å². The highest BCUT2D eigenvalue weighted by molar-refractivity contribution is 6.14. The second kappa shape index (κ2) is 7.45. The number of esters is 1. The lowest BCUT2D eigenvalue weighted by Gasteiger charge is -2.25. The van der Waals surface area contributed by atoms with Gasteiger partial charge in [0.05, 0.1) is 0 Å². The van der Waals surface area contributed by atoms with Crippen LogP contribution in [0, 0.1) is 27.7 Å². The molecule has 0 radical (unpaired) electrons. The van der Waals surface area contributed by atoms with Crippen molar-refractivity contribution in [3.8, 4) is 0 Å². The first-order valence-corrected chi connectivity index (χ1v) is 8.92. The Morgan fingerprint density at radius 3 is 2.00 bits per heavy atom. The van der Waals surface area contributed by atoms with Crippen molar-refractivity contribution < 1.29 is 14.3 Å². The molecular formula is C23H28O3. The highest BCUT2D eigenvalue weighted by Gasteiger charge is 2.35. The number of ketones is 1. The minimum Gasteiger partial charge on any atom is -0.459 e. The van der Waals surface area contributed by atoms with Gasteiger partial charge in [0.1, 0.15) is 11.5 Å². The largest absolute Gasteiger partial charge is 0.459 e. The molecular weight excluding hydrogens is 324 g/mol. The van der Waals surface area contributed by atoms with Gasteiger partial charge in [0.2, 0.25) is 0 Å². The van der Waals surface area contributed by atoms with Crippen molar-refractivity contribution in [2.75, 3.05) is 0 Å². The van der Waals surface area contributed by atoms with Crippen LogP contribution in [0.2, 0.25) is 0 Å². The third-order valence-electron chi connectivity index (χ3n) is 4.64. The Bertz CT molecular complexity index is 827. The molecule has 2 rings (SSSR count). The lowest BCUT2D eigenvalue weighted by molar-refractivity contribution is -0.155. The average Bonchev–Trinajstić information content (AvgIpc) is 2.52. The Balaban J connectivity index is 2.58. The number of carbonyl (C=O) groups excluding carboxylic acids is 2. The van der Waals surface area contributed by atoms with Gasteiger partial charge in [-0.3, -0.25) is 9.59 Å². The van der Waals surface area contributed by atoms with Crippen LogP contribution >= 0.6 is 0 Å². The first kappa shape index (κ1) is 19.9. The second-order valence-corrected chi connectivity index (χ2v) is 7.88. The summed E-state index contributed by atoms with van der Waals surface area (Å²) in [5.41, 5.74) is 4.66. The Labute approximate surface area is 156 Å². The Morgan fingerprint density at radius 2 is 1.46 bits per heavy atom. The highest BCUT2D eigenvalue weighted by atomic mass is 16.6. The summed E-state index contributed by atoms with van der Waals surface area (Å²) in [4.78, 5) is 26.4. The first-order valence-electron chi connectivity index (χ1n) is 8.92. The smallest absolute Gasteiger partial charge is 0.321 e. The molecule has 1 atom stereocenters. The number of aryl methyl sites for hydroxylation is 2. The molecule has 138 valence electrons. The number of ether oxygens (including phenoxy) is 1. The van der Waals surface area contributed by atoms with Crippen molar-refractivity contribution in [2.24, 2.45) is 0 Å². The summed E-state index contributed by atoms with van der Waals surface area (Å²) in [7, 11) is 0. The lowest BCUT2D eigenvalue weighted by atomic mass is 9.84. The van der Waals surface area contributed by atoms with Crippen LogP contribution in [0.25, 0.3) is 0 Å². The minimum absolute atomic E-state index is 0.205. The first-order chi connectivity index (χ1) is 12.0. The zero-order valence-electron chi connectivity index (χ0n) is 16.8. The maximum Gasteiger partial charge on any atom is 0.321 e. The summed E-state index contributed by atoms with van der Waals surface area (Å²) in [5.74, 6) is -1.68. The molecule has 1 unspecified atom stereocenters. The van der Waals surface area contributed by atoms with Crippen molar-refractivity contribution in [3.63, 3.8) is 0 Å². The Kier molecular flexibility index (Phi) is 5.70. The zero-order valence-corrected chi connectivity index (χ0v) is 16.8. The van der Waals surface area contributed by atoms with Gasteiger partial charge in [0.25, 0.3) is 0 Å². The Morgan fingerprint density at radius 1 is 0.885 bits per heavy atom. The molecule has 0 spiro atoms. The van der Waals surface area contributed by atoms with Crippen LogP contribution in [-0.4, -0.2) is 17.4 Å². The molecule has 0 fully saturated rings. The third kappa shape index (κ3) is 4.21. The standard InChI is InChI=1S/C23H28O3/c1-14-13-15(2)19(17(4)16(14)3)21(24)20(18-11-9-8-10-12-18)22(25)26-23(5,6)7/h8-13,20H,1-7H3. The molecule has 0 saturated heterocycles. The summed E-state index contributed by atoms with van der Waals surface area (Å²) >= 11 is 0. The molecule has 0 bridgehead atoms. The van der Waals surface area contributed by atoms with Gasteiger partial charge in [-0.05, 0) is 76.3 Å². The molecule has 0 aliphatic carbocycles. The molecule has 0 aliphatic rings. The van der Waals surface area contributed by atoms with E-state index in [-0.39, 0.29) is 5.78 Å². The van der Waals surface area contributed by atoms with Crippen molar-refractivity contribution in [3.05, 3.63) is 69.8 Å². The van der Waals surface area contributed by atoms with E-state index >= 15 is 0 Å². The normalized spacial score (nSPS) is 12.6. The SMILES string of the molecule is Cc1cc(C)c(C(=O)C(C(=O)OC(C)(C)C)c2ccccc2)c(C)c1C. The molecule has 3 nitrogen and oxygen atoms in total. The summed E-state index contributed by atoms with van der Waals surface area (Å²) < 4.78 is 5.57. The summed E-state index contributed by atoms with van der Waals surface area (Å²) in [6.45, 7) is 13.3. The van der Waals surface area contributed by atoms with E-state index in [9.17, 15) is 9.59 Å². The third-order valence-corrected chi connectivity index (χ3v) is 4.64. The quantitative estimate of drug-likeness (QED) is 0.430. The van der Waals surface area contributed by atoms with Gasteiger partial charge >= 0.3 is 5.97 Å². The molecule has 2 aromatic carbocycles. The fraction of sp³-hybridized carbons (Fsp3) is 0.391. The second-order valence-electron chi connectivity index (χ2n) is 7.88. The van der Waals surface area contributed by atoms with E-state index in [0.29, 0.717) is 11.1 Å². The van der Waals surface area contributed by atoms with Gasteiger partial charge in [-0.15, -0.1) is 0 Å². The maximum absolute atomic E-state index is 13.5. The topological polar surface area (TPSA) is 43.4 Å². The van der Waals surface area contributed by atoms with Crippen LogP contribution in [0.5, 0.6) is 0 Å².